The molecule has 1 atom stereocenters. The van der Waals surface area contributed by atoms with Crippen LogP contribution in [0.1, 0.15) is 12.5 Å². The molecule has 2 aromatic rings. The summed E-state index contributed by atoms with van der Waals surface area (Å²) in [6.07, 6.45) is -1.06. The summed E-state index contributed by atoms with van der Waals surface area (Å²) >= 11 is 0.962. The Morgan fingerprint density at radius 1 is 1.30 bits per heavy atom. The fourth-order valence-electron chi connectivity index (χ4n) is 2.06. The number of amides is 1. The number of nitrogens with one attached hydrogen (secondary N) is 1. The average molecular weight is 385 g/mol. The van der Waals surface area contributed by atoms with Crippen molar-refractivity contribution < 1.29 is 19.2 Å². The second kappa shape index (κ2) is 9.35. The molecule has 0 aliphatic rings. The van der Waals surface area contributed by atoms with Crippen molar-refractivity contribution in [1.29, 1.82) is 5.26 Å². The zero-order chi connectivity index (χ0) is 19.8. The molecule has 0 spiro atoms. The molecule has 138 valence electrons. The maximum atomic E-state index is 12.1. The van der Waals surface area contributed by atoms with Crippen LogP contribution in [0.5, 0.6) is 0 Å². The molecule has 0 saturated heterocycles. The zero-order valence-electron chi connectivity index (χ0n) is 14.2. The molecule has 1 N–H and O–H groups in total. The van der Waals surface area contributed by atoms with Gasteiger partial charge in [-0.05, 0) is 31.2 Å². The number of thioether (sulfide) groups is 1. The number of nitro benzene ring substituents is 1. The maximum Gasteiger partial charge on any atom is 0.317 e. The number of ether oxygens (including phenoxy) is 1. The van der Waals surface area contributed by atoms with E-state index in [0.717, 1.165) is 11.8 Å². The lowest BCUT2D eigenvalue weighted by atomic mass is 10.2. The highest BCUT2D eigenvalue weighted by Crippen LogP contribution is 2.28. The molecular weight excluding hydrogens is 370 g/mol. The van der Waals surface area contributed by atoms with E-state index < -0.39 is 22.9 Å². The van der Waals surface area contributed by atoms with Gasteiger partial charge in [-0.2, -0.15) is 5.26 Å². The number of hydrogen-bond acceptors (Lipinski definition) is 7. The Hall–Kier alpha value is -3.38. The number of carbonyl (C=O) groups is 2. The minimum absolute atomic E-state index is 0.0986. The number of para-hydroxylation sites is 1. The summed E-state index contributed by atoms with van der Waals surface area (Å²) in [6.45, 7) is 1.41. The fourth-order valence-corrected chi connectivity index (χ4v) is 2.87. The van der Waals surface area contributed by atoms with E-state index in [0.29, 0.717) is 16.1 Å². The minimum Gasteiger partial charge on any atom is -0.452 e. The van der Waals surface area contributed by atoms with E-state index in [1.54, 1.807) is 24.3 Å². The van der Waals surface area contributed by atoms with E-state index in [9.17, 15) is 19.7 Å². The van der Waals surface area contributed by atoms with Crippen LogP contribution in [0.4, 0.5) is 11.4 Å². The summed E-state index contributed by atoms with van der Waals surface area (Å²) in [5.41, 5.74) is 0.702. The predicted molar refractivity (Wildman–Crippen MR) is 99.2 cm³/mol. The second-order valence-corrected chi connectivity index (χ2v) is 6.34. The number of rotatable bonds is 7. The number of hydrogen-bond donors (Lipinski definition) is 1. The third kappa shape index (κ3) is 5.83. The first-order valence-corrected chi connectivity index (χ1v) is 8.76. The van der Waals surface area contributed by atoms with Gasteiger partial charge in [0.1, 0.15) is 0 Å². The van der Waals surface area contributed by atoms with Crippen LogP contribution in [0.25, 0.3) is 0 Å². The van der Waals surface area contributed by atoms with Crippen LogP contribution in [-0.2, 0) is 14.3 Å². The largest absolute Gasteiger partial charge is 0.452 e. The first-order chi connectivity index (χ1) is 12.9. The Balaban J connectivity index is 1.89. The first kappa shape index (κ1) is 19.9. The van der Waals surface area contributed by atoms with Crippen molar-refractivity contribution in [3.8, 4) is 6.07 Å². The van der Waals surface area contributed by atoms with Crippen LogP contribution in [0.3, 0.4) is 0 Å². The molecule has 0 aliphatic carbocycles. The van der Waals surface area contributed by atoms with Crippen molar-refractivity contribution in [2.75, 3.05) is 11.1 Å². The van der Waals surface area contributed by atoms with E-state index >= 15 is 0 Å². The van der Waals surface area contributed by atoms with Crippen LogP contribution < -0.4 is 5.32 Å². The lowest BCUT2D eigenvalue weighted by Crippen LogP contribution is -2.30. The number of benzene rings is 2. The topological polar surface area (TPSA) is 122 Å². The monoisotopic (exact) mass is 385 g/mol. The highest BCUT2D eigenvalue weighted by atomic mass is 32.2. The number of nitrogens with zero attached hydrogens (tertiary/aromatic N) is 2. The standard InChI is InChI=1S/C18H15N3O5S/c1-12(18(23)20-14-6-4-5-13(9-14)10-19)26-17(22)11-27-16-8-3-2-7-15(16)21(24)25/h2-9,12H,11H2,1H3,(H,20,23)/t12-/m1/s1. The SMILES string of the molecule is C[C@@H](OC(=O)CSc1ccccc1[N+](=O)[O-])C(=O)Nc1cccc(C#N)c1. The summed E-state index contributed by atoms with van der Waals surface area (Å²) in [6, 6.07) is 14.3. The van der Waals surface area contributed by atoms with Crippen molar-refractivity contribution >= 4 is 35.0 Å². The number of esters is 1. The van der Waals surface area contributed by atoms with Gasteiger partial charge in [-0.1, -0.05) is 18.2 Å². The minimum atomic E-state index is -1.06. The Labute approximate surface area is 159 Å². The van der Waals surface area contributed by atoms with Crippen molar-refractivity contribution in [3.63, 3.8) is 0 Å². The molecule has 27 heavy (non-hydrogen) atoms. The summed E-state index contributed by atoms with van der Waals surface area (Å²) in [5, 5.41) is 22.4. The molecule has 2 rings (SSSR count). The average Bonchev–Trinajstić information content (AvgIpc) is 2.66. The van der Waals surface area contributed by atoms with Gasteiger partial charge in [0.25, 0.3) is 11.6 Å². The highest BCUT2D eigenvalue weighted by Gasteiger charge is 2.20. The molecule has 0 unspecified atom stereocenters. The fraction of sp³-hybridized carbons (Fsp3) is 0.167. The molecule has 0 radical (unpaired) electrons. The van der Waals surface area contributed by atoms with Crippen LogP contribution in [0, 0.1) is 21.4 Å². The Morgan fingerprint density at radius 3 is 2.74 bits per heavy atom. The van der Waals surface area contributed by atoms with Crippen molar-refractivity contribution in [2.45, 2.75) is 17.9 Å². The third-order valence-corrected chi connectivity index (χ3v) is 4.38. The molecule has 2 aromatic carbocycles. The van der Waals surface area contributed by atoms with E-state index in [-0.39, 0.29) is 11.4 Å². The molecule has 0 saturated carbocycles. The van der Waals surface area contributed by atoms with E-state index in [1.807, 2.05) is 6.07 Å². The Morgan fingerprint density at radius 2 is 2.04 bits per heavy atom. The van der Waals surface area contributed by atoms with Crippen LogP contribution >= 0.6 is 11.8 Å². The summed E-state index contributed by atoms with van der Waals surface area (Å²) in [4.78, 5) is 34.8. The highest BCUT2D eigenvalue weighted by molar-refractivity contribution is 8.00. The third-order valence-electron chi connectivity index (χ3n) is 3.34. The van der Waals surface area contributed by atoms with Gasteiger partial charge in [-0.15, -0.1) is 11.8 Å². The lowest BCUT2D eigenvalue weighted by molar-refractivity contribution is -0.387. The molecule has 0 fully saturated rings. The maximum absolute atomic E-state index is 12.1. The summed E-state index contributed by atoms with van der Waals surface area (Å²) in [5.74, 6) is -1.40. The normalized spacial score (nSPS) is 11.1. The molecule has 0 aliphatic heterocycles. The van der Waals surface area contributed by atoms with E-state index in [4.69, 9.17) is 10.00 Å². The van der Waals surface area contributed by atoms with Gasteiger partial charge in [-0.25, -0.2) is 0 Å². The van der Waals surface area contributed by atoms with Crippen molar-refractivity contribution in [3.05, 3.63) is 64.2 Å². The number of carbonyl (C=O) groups excluding carboxylic acids is 2. The Kier molecular flexibility index (Phi) is 6.91. The Bertz CT molecular complexity index is 910. The van der Waals surface area contributed by atoms with Gasteiger partial charge in [0.05, 0.1) is 27.2 Å². The summed E-state index contributed by atoms with van der Waals surface area (Å²) < 4.78 is 5.06. The van der Waals surface area contributed by atoms with E-state index in [2.05, 4.69) is 5.32 Å². The van der Waals surface area contributed by atoms with Gasteiger partial charge in [0.15, 0.2) is 6.10 Å². The van der Waals surface area contributed by atoms with Crippen LogP contribution in [0.2, 0.25) is 0 Å². The van der Waals surface area contributed by atoms with Gasteiger partial charge < -0.3 is 10.1 Å². The van der Waals surface area contributed by atoms with Crippen LogP contribution in [0.15, 0.2) is 53.4 Å². The van der Waals surface area contributed by atoms with Gasteiger partial charge in [-0.3, -0.25) is 19.7 Å². The summed E-state index contributed by atoms with van der Waals surface area (Å²) in [7, 11) is 0. The zero-order valence-corrected chi connectivity index (χ0v) is 15.1. The second-order valence-electron chi connectivity index (χ2n) is 5.33. The molecule has 1 amide bonds. The molecule has 0 aromatic heterocycles. The van der Waals surface area contributed by atoms with Gasteiger partial charge in [0.2, 0.25) is 0 Å². The van der Waals surface area contributed by atoms with Crippen LogP contribution in [-0.4, -0.2) is 28.7 Å². The van der Waals surface area contributed by atoms with Crippen molar-refractivity contribution in [2.24, 2.45) is 0 Å². The molecule has 0 heterocycles. The van der Waals surface area contributed by atoms with Gasteiger partial charge in [0, 0.05) is 11.8 Å². The lowest BCUT2D eigenvalue weighted by Gasteiger charge is -2.13. The first-order valence-electron chi connectivity index (χ1n) is 7.77. The molecular formula is C18H15N3O5S. The van der Waals surface area contributed by atoms with E-state index in [1.165, 1.54) is 31.2 Å². The molecule has 8 nitrogen and oxygen atoms in total. The quantitative estimate of drug-likeness (QED) is 0.336. The number of nitro groups is 1. The predicted octanol–water partition coefficient (Wildman–Crippen LogP) is 3.13. The van der Waals surface area contributed by atoms with Crippen molar-refractivity contribution in [1.82, 2.24) is 0 Å². The number of nitriles is 1. The molecule has 9 heteroatoms. The number of anilines is 1. The molecule has 0 bridgehead atoms. The smallest absolute Gasteiger partial charge is 0.317 e. The van der Waals surface area contributed by atoms with Gasteiger partial charge >= 0.3 is 5.97 Å².